The number of hydrogen-bond acceptors (Lipinski definition) is 4. The van der Waals surface area contributed by atoms with Crippen molar-refractivity contribution in [2.75, 3.05) is 13.7 Å². The van der Waals surface area contributed by atoms with E-state index in [2.05, 4.69) is 26.3 Å². The van der Waals surface area contributed by atoms with Gasteiger partial charge in [-0.2, -0.15) is 5.10 Å². The maximum Gasteiger partial charge on any atom is 0.244 e. The molecule has 31 heavy (non-hydrogen) atoms. The Labute approximate surface area is 191 Å². The molecule has 2 aromatic carbocycles. The lowest BCUT2D eigenvalue weighted by Gasteiger charge is -2.11. The van der Waals surface area contributed by atoms with Crippen LogP contribution in [0.1, 0.15) is 23.2 Å². The van der Waals surface area contributed by atoms with E-state index in [9.17, 15) is 4.79 Å². The molecule has 7 heteroatoms. The summed E-state index contributed by atoms with van der Waals surface area (Å²) in [6.07, 6.45) is 6.07. The van der Waals surface area contributed by atoms with Gasteiger partial charge in [0.05, 0.1) is 17.3 Å². The molecule has 6 nitrogen and oxygen atoms in total. The number of halogens is 1. The predicted octanol–water partition coefficient (Wildman–Crippen LogP) is 4.76. The average Bonchev–Trinajstić information content (AvgIpc) is 3.11. The Bertz CT molecular complexity index is 1010. The number of ether oxygens (including phenoxy) is 2. The van der Waals surface area contributed by atoms with Gasteiger partial charge in [0.15, 0.2) is 0 Å². The molecule has 1 amide bonds. The van der Waals surface area contributed by atoms with E-state index in [0.717, 1.165) is 45.8 Å². The lowest BCUT2D eigenvalue weighted by atomic mass is 10.1. The number of para-hydroxylation sites is 1. The summed E-state index contributed by atoms with van der Waals surface area (Å²) in [5.41, 5.74) is 2.77. The van der Waals surface area contributed by atoms with Gasteiger partial charge in [-0.05, 0) is 65.2 Å². The molecular weight excluding hydrogens is 458 g/mol. The maximum atomic E-state index is 12.1. The van der Waals surface area contributed by atoms with E-state index in [4.69, 9.17) is 9.47 Å². The van der Waals surface area contributed by atoms with Crippen molar-refractivity contribution < 1.29 is 14.3 Å². The van der Waals surface area contributed by atoms with Crippen LogP contribution in [0.5, 0.6) is 11.5 Å². The first-order valence-corrected chi connectivity index (χ1v) is 10.8. The molecule has 0 unspecified atom stereocenters. The SMILES string of the molecule is COc1ccc(/C=C/C(=O)NCCCn2cc(Br)c(C)n2)cc1COc1ccccc1. The highest BCUT2D eigenvalue weighted by Crippen LogP contribution is 2.23. The number of amides is 1. The number of methoxy groups -OCH3 is 1. The quantitative estimate of drug-likeness (QED) is 0.333. The molecule has 0 aliphatic heterocycles. The summed E-state index contributed by atoms with van der Waals surface area (Å²) >= 11 is 3.45. The summed E-state index contributed by atoms with van der Waals surface area (Å²) in [5, 5.41) is 7.28. The van der Waals surface area contributed by atoms with E-state index < -0.39 is 0 Å². The van der Waals surface area contributed by atoms with Gasteiger partial charge in [-0.3, -0.25) is 9.48 Å². The molecule has 3 aromatic rings. The van der Waals surface area contributed by atoms with E-state index in [1.165, 1.54) is 6.08 Å². The Hall–Kier alpha value is -3.06. The van der Waals surface area contributed by atoms with Gasteiger partial charge in [0.1, 0.15) is 18.1 Å². The Kier molecular flexibility index (Phi) is 8.29. The van der Waals surface area contributed by atoms with Crippen LogP contribution in [-0.2, 0) is 17.9 Å². The van der Waals surface area contributed by atoms with E-state index in [1.807, 2.05) is 66.3 Å². The smallest absolute Gasteiger partial charge is 0.244 e. The standard InChI is InChI=1S/C24H26BrN3O3/c1-18-22(25)16-28(27-18)14-6-13-26-24(29)12-10-19-9-11-23(30-2)20(15-19)17-31-21-7-4-3-5-8-21/h3-5,7-12,15-16H,6,13-14,17H2,1-2H3,(H,26,29)/b12-10+. The number of aromatic nitrogens is 2. The lowest BCUT2D eigenvalue weighted by molar-refractivity contribution is -0.116. The van der Waals surface area contributed by atoms with Crippen molar-refractivity contribution in [3.05, 3.63) is 82.1 Å². The number of nitrogens with one attached hydrogen (secondary N) is 1. The molecule has 3 rings (SSSR count). The van der Waals surface area contributed by atoms with Crippen LogP contribution >= 0.6 is 15.9 Å². The highest BCUT2D eigenvalue weighted by molar-refractivity contribution is 9.10. The third kappa shape index (κ3) is 7.00. The van der Waals surface area contributed by atoms with Crippen LogP contribution in [0.2, 0.25) is 0 Å². The first-order chi connectivity index (χ1) is 15.0. The molecule has 0 aliphatic rings. The van der Waals surface area contributed by atoms with E-state index in [-0.39, 0.29) is 5.91 Å². The summed E-state index contributed by atoms with van der Waals surface area (Å²) in [7, 11) is 1.63. The first kappa shape index (κ1) is 22.6. The van der Waals surface area contributed by atoms with Crippen molar-refractivity contribution in [2.24, 2.45) is 0 Å². The molecule has 1 N–H and O–H groups in total. The van der Waals surface area contributed by atoms with Gasteiger partial charge in [-0.15, -0.1) is 0 Å². The minimum Gasteiger partial charge on any atom is -0.496 e. The topological polar surface area (TPSA) is 65.4 Å². The van der Waals surface area contributed by atoms with E-state index >= 15 is 0 Å². The fraction of sp³-hybridized carbons (Fsp3) is 0.250. The van der Waals surface area contributed by atoms with E-state index in [1.54, 1.807) is 13.2 Å². The second-order valence-electron chi connectivity index (χ2n) is 6.98. The van der Waals surface area contributed by atoms with Gasteiger partial charge in [0.2, 0.25) is 5.91 Å². The number of aryl methyl sites for hydroxylation is 2. The number of benzene rings is 2. The van der Waals surface area contributed by atoms with Gasteiger partial charge < -0.3 is 14.8 Å². The predicted molar refractivity (Wildman–Crippen MR) is 125 cm³/mol. The second-order valence-corrected chi connectivity index (χ2v) is 7.83. The fourth-order valence-electron chi connectivity index (χ4n) is 2.98. The number of nitrogens with zero attached hydrogens (tertiary/aromatic N) is 2. The third-order valence-electron chi connectivity index (χ3n) is 4.62. The van der Waals surface area contributed by atoms with Crippen LogP contribution in [0, 0.1) is 6.92 Å². The van der Waals surface area contributed by atoms with Crippen molar-refractivity contribution in [1.29, 1.82) is 0 Å². The molecule has 0 saturated heterocycles. The molecule has 162 valence electrons. The lowest BCUT2D eigenvalue weighted by Crippen LogP contribution is -2.23. The van der Waals surface area contributed by atoms with Gasteiger partial charge in [-0.25, -0.2) is 0 Å². The highest BCUT2D eigenvalue weighted by atomic mass is 79.9. The van der Waals surface area contributed by atoms with Crippen LogP contribution in [0.25, 0.3) is 6.08 Å². The van der Waals surface area contributed by atoms with Crippen molar-refractivity contribution in [3.8, 4) is 11.5 Å². The molecule has 0 spiro atoms. The zero-order valence-corrected chi connectivity index (χ0v) is 19.3. The Morgan fingerprint density at radius 1 is 1.23 bits per heavy atom. The monoisotopic (exact) mass is 483 g/mol. The first-order valence-electron chi connectivity index (χ1n) is 10.1. The molecule has 0 aliphatic carbocycles. The number of rotatable bonds is 10. The fourth-order valence-corrected chi connectivity index (χ4v) is 3.30. The summed E-state index contributed by atoms with van der Waals surface area (Å²) in [4.78, 5) is 12.1. The molecule has 0 bridgehead atoms. The normalized spacial score (nSPS) is 10.9. The van der Waals surface area contributed by atoms with Crippen molar-refractivity contribution >= 4 is 27.9 Å². The van der Waals surface area contributed by atoms with Crippen LogP contribution in [0.15, 0.2) is 65.3 Å². The number of carbonyl (C=O) groups excluding carboxylic acids is 1. The summed E-state index contributed by atoms with van der Waals surface area (Å²) in [6.45, 7) is 3.66. The largest absolute Gasteiger partial charge is 0.496 e. The van der Waals surface area contributed by atoms with Gasteiger partial charge in [0, 0.05) is 30.9 Å². The van der Waals surface area contributed by atoms with Crippen molar-refractivity contribution in [2.45, 2.75) is 26.5 Å². The zero-order chi connectivity index (χ0) is 22.1. The zero-order valence-electron chi connectivity index (χ0n) is 17.7. The minimum absolute atomic E-state index is 0.129. The molecule has 0 fully saturated rings. The van der Waals surface area contributed by atoms with Crippen LogP contribution in [0.3, 0.4) is 0 Å². The Morgan fingerprint density at radius 3 is 2.74 bits per heavy atom. The second kappa shape index (κ2) is 11.4. The molecule has 1 aromatic heterocycles. The Morgan fingerprint density at radius 2 is 2.03 bits per heavy atom. The molecular formula is C24H26BrN3O3. The minimum atomic E-state index is -0.129. The number of carbonyl (C=O) groups is 1. The highest BCUT2D eigenvalue weighted by Gasteiger charge is 2.06. The van der Waals surface area contributed by atoms with Crippen LogP contribution < -0.4 is 14.8 Å². The molecule has 1 heterocycles. The Balaban J connectivity index is 1.50. The van der Waals surface area contributed by atoms with Crippen molar-refractivity contribution in [3.63, 3.8) is 0 Å². The average molecular weight is 484 g/mol. The molecule has 0 saturated carbocycles. The number of hydrogen-bond donors (Lipinski definition) is 1. The summed E-state index contributed by atoms with van der Waals surface area (Å²) in [6, 6.07) is 15.4. The van der Waals surface area contributed by atoms with Crippen molar-refractivity contribution in [1.82, 2.24) is 15.1 Å². The van der Waals surface area contributed by atoms with Gasteiger partial charge in [-0.1, -0.05) is 24.3 Å². The van der Waals surface area contributed by atoms with Crippen LogP contribution in [0.4, 0.5) is 0 Å². The molecule has 0 radical (unpaired) electrons. The molecule has 0 atom stereocenters. The third-order valence-corrected chi connectivity index (χ3v) is 5.40. The summed E-state index contributed by atoms with van der Waals surface area (Å²) in [5.74, 6) is 1.41. The van der Waals surface area contributed by atoms with Crippen LogP contribution in [-0.4, -0.2) is 29.3 Å². The van der Waals surface area contributed by atoms with Gasteiger partial charge in [0.25, 0.3) is 0 Å². The van der Waals surface area contributed by atoms with Gasteiger partial charge >= 0.3 is 0 Å². The maximum absolute atomic E-state index is 12.1. The van der Waals surface area contributed by atoms with E-state index in [0.29, 0.717) is 13.2 Å². The summed E-state index contributed by atoms with van der Waals surface area (Å²) < 4.78 is 14.1.